The maximum absolute atomic E-state index is 13.8. The number of ether oxygens (including phenoxy) is 1. The fraction of sp³-hybridized carbons (Fsp3) is 0.333. The molecule has 3 rings (SSSR count). The van der Waals surface area contributed by atoms with Gasteiger partial charge in [0.15, 0.2) is 22.5 Å². The molecule has 10 heteroatoms. The number of aromatic nitrogens is 5. The molecule has 1 N–H and O–H groups in total. The topological polar surface area (TPSA) is 86.9 Å². The van der Waals surface area contributed by atoms with Crippen LogP contribution in [-0.2, 0) is 17.9 Å². The largest absolute Gasteiger partial charge is 0.483 e. The molecule has 164 valence electrons. The van der Waals surface area contributed by atoms with Gasteiger partial charge in [0.1, 0.15) is 12.4 Å². The maximum Gasteiger partial charge on any atom is 0.238 e. The molecule has 0 aliphatic carbocycles. The number of carbonyl (C=O) groups excluding carboxylic acids is 1. The Hall–Kier alpha value is -3.14. The van der Waals surface area contributed by atoms with Crippen molar-refractivity contribution in [3.8, 4) is 5.75 Å². The van der Waals surface area contributed by atoms with E-state index in [0.29, 0.717) is 23.3 Å². The summed E-state index contributed by atoms with van der Waals surface area (Å²) in [6, 6.07) is 8.05. The lowest BCUT2D eigenvalue weighted by molar-refractivity contribution is -0.115. The van der Waals surface area contributed by atoms with E-state index in [0.717, 1.165) is 0 Å². The van der Waals surface area contributed by atoms with Crippen LogP contribution < -0.4 is 10.1 Å². The fourth-order valence-corrected chi connectivity index (χ4v) is 3.67. The molecular weight excluding hydrogens is 419 g/mol. The van der Waals surface area contributed by atoms with Crippen LogP contribution in [0, 0.1) is 5.82 Å². The molecular formula is C21H25FN6O2S. The molecule has 0 spiro atoms. The predicted octanol–water partition coefficient (Wildman–Crippen LogP) is 4.08. The van der Waals surface area contributed by atoms with Crippen LogP contribution in [-0.4, -0.2) is 35.7 Å². The zero-order valence-electron chi connectivity index (χ0n) is 17.7. The summed E-state index contributed by atoms with van der Waals surface area (Å²) in [5.41, 5.74) is 0. The van der Waals surface area contributed by atoms with Gasteiger partial charge in [-0.25, -0.2) is 9.07 Å². The summed E-state index contributed by atoms with van der Waals surface area (Å²) < 4.78 is 22.9. The molecule has 0 fully saturated rings. The standard InChI is InChI=1S/C21H25FN6O2S/c1-5-12-27-19(13-30-17-9-7-6-8-16(17)22)25-26-21(27)31-15(4)20(29)24-18-10-11-23-28(18)14(2)3/h5-11,14-15H,1,12-13H2,2-4H3,(H,24,29). The van der Waals surface area contributed by atoms with Gasteiger partial charge in [-0.05, 0) is 32.9 Å². The zero-order valence-corrected chi connectivity index (χ0v) is 18.5. The van der Waals surface area contributed by atoms with Crippen LogP contribution in [0.3, 0.4) is 0 Å². The Morgan fingerprint density at radius 1 is 1.29 bits per heavy atom. The second-order valence-electron chi connectivity index (χ2n) is 7.02. The lowest BCUT2D eigenvalue weighted by Crippen LogP contribution is -2.25. The number of halogens is 1. The molecule has 1 atom stereocenters. The predicted molar refractivity (Wildman–Crippen MR) is 118 cm³/mol. The number of anilines is 1. The van der Waals surface area contributed by atoms with Gasteiger partial charge in [0.2, 0.25) is 5.91 Å². The van der Waals surface area contributed by atoms with Crippen molar-refractivity contribution in [1.82, 2.24) is 24.5 Å². The first-order valence-electron chi connectivity index (χ1n) is 9.82. The fourth-order valence-electron chi connectivity index (χ4n) is 2.79. The van der Waals surface area contributed by atoms with Crippen LogP contribution in [0.25, 0.3) is 0 Å². The van der Waals surface area contributed by atoms with E-state index in [9.17, 15) is 9.18 Å². The van der Waals surface area contributed by atoms with E-state index in [1.54, 1.807) is 52.7 Å². The van der Waals surface area contributed by atoms with Crippen molar-refractivity contribution >= 4 is 23.5 Å². The number of amides is 1. The smallest absolute Gasteiger partial charge is 0.238 e. The Bertz CT molecular complexity index is 1050. The highest BCUT2D eigenvalue weighted by molar-refractivity contribution is 8.00. The van der Waals surface area contributed by atoms with E-state index in [1.165, 1.54) is 17.8 Å². The number of thioether (sulfide) groups is 1. The van der Waals surface area contributed by atoms with Crippen molar-refractivity contribution in [3.05, 3.63) is 60.8 Å². The van der Waals surface area contributed by atoms with E-state index < -0.39 is 11.1 Å². The second kappa shape index (κ2) is 10.3. The Labute approximate surface area is 184 Å². The van der Waals surface area contributed by atoms with Crippen molar-refractivity contribution in [3.63, 3.8) is 0 Å². The van der Waals surface area contributed by atoms with Crippen LogP contribution in [0.5, 0.6) is 5.75 Å². The molecule has 0 radical (unpaired) electrons. The monoisotopic (exact) mass is 444 g/mol. The van der Waals surface area contributed by atoms with Crippen LogP contribution in [0.1, 0.15) is 32.6 Å². The highest BCUT2D eigenvalue weighted by Gasteiger charge is 2.21. The SMILES string of the molecule is C=CCn1c(COc2ccccc2F)nnc1SC(C)C(=O)Nc1ccnn1C(C)C. The van der Waals surface area contributed by atoms with E-state index >= 15 is 0 Å². The first-order chi connectivity index (χ1) is 14.9. The van der Waals surface area contributed by atoms with Crippen molar-refractivity contribution in [1.29, 1.82) is 0 Å². The molecule has 8 nitrogen and oxygen atoms in total. The molecule has 0 saturated heterocycles. The van der Waals surface area contributed by atoms with Gasteiger partial charge < -0.3 is 10.1 Å². The van der Waals surface area contributed by atoms with Gasteiger partial charge in [-0.3, -0.25) is 9.36 Å². The molecule has 1 aromatic carbocycles. The Morgan fingerprint density at radius 2 is 2.06 bits per heavy atom. The summed E-state index contributed by atoms with van der Waals surface area (Å²) in [6.45, 7) is 10.0. The van der Waals surface area contributed by atoms with Crippen molar-refractivity contribution in [2.24, 2.45) is 0 Å². The molecule has 1 unspecified atom stereocenters. The Morgan fingerprint density at radius 3 is 2.77 bits per heavy atom. The minimum absolute atomic E-state index is 0.0382. The first kappa shape index (κ1) is 22.5. The van der Waals surface area contributed by atoms with Gasteiger partial charge in [-0.15, -0.1) is 16.8 Å². The Balaban J connectivity index is 1.69. The molecule has 0 bridgehead atoms. The molecule has 1 amide bonds. The molecule has 0 saturated carbocycles. The molecule has 3 aromatic rings. The second-order valence-corrected chi connectivity index (χ2v) is 8.33. The number of nitrogens with one attached hydrogen (secondary N) is 1. The van der Waals surface area contributed by atoms with E-state index in [2.05, 4.69) is 27.2 Å². The van der Waals surface area contributed by atoms with Gasteiger partial charge in [-0.1, -0.05) is 30.0 Å². The number of para-hydroxylation sites is 1. The van der Waals surface area contributed by atoms with Gasteiger partial charge in [0.25, 0.3) is 0 Å². The zero-order chi connectivity index (χ0) is 22.4. The highest BCUT2D eigenvalue weighted by Crippen LogP contribution is 2.25. The summed E-state index contributed by atoms with van der Waals surface area (Å²) in [5.74, 6) is 0.664. The minimum atomic E-state index is -0.446. The van der Waals surface area contributed by atoms with E-state index in [1.807, 2.05) is 13.8 Å². The molecule has 0 aliphatic heterocycles. The summed E-state index contributed by atoms with van der Waals surface area (Å²) in [6.07, 6.45) is 3.35. The van der Waals surface area contributed by atoms with Gasteiger partial charge >= 0.3 is 0 Å². The molecule has 2 aromatic heterocycles. The van der Waals surface area contributed by atoms with Crippen LogP contribution in [0.15, 0.2) is 54.3 Å². The van der Waals surface area contributed by atoms with Crippen molar-refractivity contribution < 1.29 is 13.9 Å². The van der Waals surface area contributed by atoms with Crippen LogP contribution >= 0.6 is 11.8 Å². The third kappa shape index (κ3) is 5.52. The van der Waals surface area contributed by atoms with Crippen molar-refractivity contribution in [2.75, 3.05) is 5.32 Å². The number of rotatable bonds is 10. The number of allylic oxidation sites excluding steroid dienone is 1. The minimum Gasteiger partial charge on any atom is -0.483 e. The normalized spacial score (nSPS) is 12.0. The van der Waals surface area contributed by atoms with Gasteiger partial charge in [0.05, 0.1) is 11.4 Å². The average molecular weight is 445 g/mol. The number of benzene rings is 1. The summed E-state index contributed by atoms with van der Waals surface area (Å²) in [5, 5.41) is 15.6. The number of hydrogen-bond donors (Lipinski definition) is 1. The number of carbonyl (C=O) groups is 1. The number of hydrogen-bond acceptors (Lipinski definition) is 6. The Kier molecular flexibility index (Phi) is 7.45. The van der Waals surface area contributed by atoms with Gasteiger partial charge in [0, 0.05) is 18.7 Å². The summed E-state index contributed by atoms with van der Waals surface area (Å²) in [7, 11) is 0. The third-order valence-corrected chi connectivity index (χ3v) is 5.44. The first-order valence-corrected chi connectivity index (χ1v) is 10.7. The van der Waals surface area contributed by atoms with Crippen LogP contribution in [0.2, 0.25) is 0 Å². The van der Waals surface area contributed by atoms with E-state index in [-0.39, 0.29) is 24.3 Å². The molecule has 2 heterocycles. The third-order valence-electron chi connectivity index (χ3n) is 4.36. The van der Waals surface area contributed by atoms with Gasteiger partial charge in [-0.2, -0.15) is 5.10 Å². The average Bonchev–Trinajstić information content (AvgIpc) is 3.35. The summed E-state index contributed by atoms with van der Waals surface area (Å²) >= 11 is 1.27. The van der Waals surface area contributed by atoms with Crippen LogP contribution in [0.4, 0.5) is 10.2 Å². The number of nitrogens with zero attached hydrogens (tertiary/aromatic N) is 5. The lowest BCUT2D eigenvalue weighted by atomic mass is 10.3. The van der Waals surface area contributed by atoms with E-state index in [4.69, 9.17) is 4.74 Å². The quantitative estimate of drug-likeness (QED) is 0.375. The molecule has 0 aliphatic rings. The molecule has 31 heavy (non-hydrogen) atoms. The lowest BCUT2D eigenvalue weighted by Gasteiger charge is -2.15. The van der Waals surface area contributed by atoms with Crippen molar-refractivity contribution in [2.45, 2.75) is 50.4 Å². The summed E-state index contributed by atoms with van der Waals surface area (Å²) in [4.78, 5) is 12.7. The highest BCUT2D eigenvalue weighted by atomic mass is 32.2. The maximum atomic E-state index is 13.8.